The third-order valence-electron chi connectivity index (χ3n) is 5.18. The van der Waals surface area contributed by atoms with Crippen LogP contribution in [0, 0.1) is 0 Å². The van der Waals surface area contributed by atoms with Gasteiger partial charge in [0.05, 0.1) is 31.1 Å². The number of methoxy groups -OCH3 is 1. The van der Waals surface area contributed by atoms with E-state index in [1.165, 1.54) is 11.3 Å². The fraction of sp³-hybridized carbons (Fsp3) is 0.304. The van der Waals surface area contributed by atoms with E-state index < -0.39 is 5.97 Å². The maximum atomic E-state index is 12.6. The van der Waals surface area contributed by atoms with Crippen molar-refractivity contribution in [2.45, 2.75) is 13.5 Å². The van der Waals surface area contributed by atoms with E-state index in [1.54, 1.807) is 14.0 Å². The van der Waals surface area contributed by atoms with Crippen LogP contribution in [0.15, 0.2) is 47.6 Å². The highest BCUT2D eigenvalue weighted by Crippen LogP contribution is 2.35. The molecule has 2 aromatic carbocycles. The van der Waals surface area contributed by atoms with Crippen molar-refractivity contribution in [2.75, 3.05) is 33.4 Å². The largest absolute Gasteiger partial charge is 0.496 e. The summed E-state index contributed by atoms with van der Waals surface area (Å²) in [6, 6.07) is 13.4. The van der Waals surface area contributed by atoms with Crippen molar-refractivity contribution in [1.82, 2.24) is 4.90 Å². The molecule has 0 saturated carbocycles. The van der Waals surface area contributed by atoms with Gasteiger partial charge in [0.2, 0.25) is 0 Å². The number of carbonyl (C=O) groups is 1. The van der Waals surface area contributed by atoms with E-state index in [2.05, 4.69) is 10.1 Å². The molecular formula is C23H23ClN2O4S. The molecule has 162 valence electrons. The summed E-state index contributed by atoms with van der Waals surface area (Å²) in [6.45, 7) is 5.80. The normalized spacial score (nSPS) is 15.3. The van der Waals surface area contributed by atoms with Gasteiger partial charge in [-0.2, -0.15) is 0 Å². The van der Waals surface area contributed by atoms with Crippen LogP contribution in [0.25, 0.3) is 10.1 Å². The van der Waals surface area contributed by atoms with Gasteiger partial charge in [0, 0.05) is 35.3 Å². The second-order valence-electron chi connectivity index (χ2n) is 7.21. The number of fused-ring (bicyclic) bond motifs is 1. The van der Waals surface area contributed by atoms with Crippen molar-refractivity contribution in [2.24, 2.45) is 5.16 Å². The number of morpholine rings is 1. The maximum Gasteiger partial charge on any atom is 0.377 e. The zero-order chi connectivity index (χ0) is 21.8. The van der Waals surface area contributed by atoms with Gasteiger partial charge in [0.1, 0.15) is 10.6 Å². The van der Waals surface area contributed by atoms with Crippen LogP contribution in [0.4, 0.5) is 0 Å². The van der Waals surface area contributed by atoms with Crippen molar-refractivity contribution in [3.63, 3.8) is 0 Å². The molecule has 31 heavy (non-hydrogen) atoms. The summed E-state index contributed by atoms with van der Waals surface area (Å²) in [7, 11) is 1.66. The monoisotopic (exact) mass is 458 g/mol. The molecule has 0 atom stereocenters. The Balaban J connectivity index is 1.51. The quantitative estimate of drug-likeness (QED) is 0.296. The highest BCUT2D eigenvalue weighted by Gasteiger charge is 2.19. The Morgan fingerprint density at radius 3 is 2.74 bits per heavy atom. The van der Waals surface area contributed by atoms with Crippen LogP contribution in [-0.4, -0.2) is 50.0 Å². The number of ether oxygens (including phenoxy) is 2. The molecule has 1 aliphatic rings. The fourth-order valence-corrected chi connectivity index (χ4v) is 4.86. The third-order valence-corrected chi connectivity index (χ3v) is 6.84. The lowest BCUT2D eigenvalue weighted by atomic mass is 10.1. The molecule has 0 amide bonds. The van der Waals surface area contributed by atoms with E-state index in [4.69, 9.17) is 25.9 Å². The van der Waals surface area contributed by atoms with Crippen LogP contribution in [0.3, 0.4) is 0 Å². The Labute approximate surface area is 190 Å². The number of halogens is 1. The Bertz CT molecular complexity index is 1120. The summed E-state index contributed by atoms with van der Waals surface area (Å²) in [6.07, 6.45) is 0. The van der Waals surface area contributed by atoms with Crippen molar-refractivity contribution >= 4 is 44.7 Å². The summed E-state index contributed by atoms with van der Waals surface area (Å²) < 4.78 is 11.9. The standard InChI is InChI=1S/C23H23ClN2O4S/c1-15(25-30-23(27)22-21(24)18-5-3-4-6-20(18)31-22)16-7-8-19(28-2)17(13-16)14-26-9-11-29-12-10-26/h3-8,13H,9-12,14H2,1-2H3. The lowest BCUT2D eigenvalue weighted by molar-refractivity contribution is 0.0339. The molecule has 0 unspecified atom stereocenters. The van der Waals surface area contributed by atoms with Gasteiger partial charge in [-0.25, -0.2) is 4.79 Å². The minimum atomic E-state index is -0.562. The molecule has 2 heterocycles. The highest BCUT2D eigenvalue weighted by molar-refractivity contribution is 7.21. The zero-order valence-corrected chi connectivity index (χ0v) is 19.0. The third kappa shape index (κ3) is 4.91. The Hall–Kier alpha value is -2.45. The molecule has 6 nitrogen and oxygen atoms in total. The molecule has 1 saturated heterocycles. The number of thiophene rings is 1. The minimum absolute atomic E-state index is 0.349. The first kappa shape index (κ1) is 21.8. The second-order valence-corrected chi connectivity index (χ2v) is 8.64. The molecule has 0 spiro atoms. The lowest BCUT2D eigenvalue weighted by Gasteiger charge is -2.27. The number of hydrogen-bond acceptors (Lipinski definition) is 7. The van der Waals surface area contributed by atoms with E-state index in [-0.39, 0.29) is 0 Å². The van der Waals surface area contributed by atoms with Gasteiger partial charge in [0.15, 0.2) is 0 Å². The van der Waals surface area contributed by atoms with Crippen molar-refractivity contribution in [3.8, 4) is 5.75 Å². The summed E-state index contributed by atoms with van der Waals surface area (Å²) in [4.78, 5) is 20.4. The van der Waals surface area contributed by atoms with Gasteiger partial charge in [-0.15, -0.1) is 11.3 Å². The van der Waals surface area contributed by atoms with Gasteiger partial charge < -0.3 is 14.3 Å². The maximum absolute atomic E-state index is 12.6. The van der Waals surface area contributed by atoms with Crippen LogP contribution >= 0.6 is 22.9 Å². The fourth-order valence-electron chi connectivity index (χ4n) is 3.48. The minimum Gasteiger partial charge on any atom is -0.496 e. The molecule has 0 aliphatic carbocycles. The molecule has 0 bridgehead atoms. The Morgan fingerprint density at radius 2 is 2.00 bits per heavy atom. The summed E-state index contributed by atoms with van der Waals surface area (Å²) in [5, 5.41) is 5.30. The molecule has 0 radical (unpaired) electrons. The first-order valence-corrected chi connectivity index (χ1v) is 11.2. The SMILES string of the molecule is COc1ccc(C(C)=NOC(=O)c2sc3ccccc3c2Cl)cc1CN1CCOCC1. The smallest absolute Gasteiger partial charge is 0.377 e. The predicted molar refractivity (Wildman–Crippen MR) is 124 cm³/mol. The van der Waals surface area contributed by atoms with Crippen molar-refractivity contribution in [3.05, 3.63) is 63.5 Å². The molecule has 1 aliphatic heterocycles. The van der Waals surface area contributed by atoms with Crippen LogP contribution in [0.2, 0.25) is 5.02 Å². The van der Waals surface area contributed by atoms with E-state index >= 15 is 0 Å². The van der Waals surface area contributed by atoms with E-state index in [1.807, 2.05) is 42.5 Å². The Kier molecular flexibility index (Phi) is 6.87. The average molecular weight is 459 g/mol. The molecule has 0 N–H and O–H groups in total. The van der Waals surface area contributed by atoms with Gasteiger partial charge in [0.25, 0.3) is 0 Å². The van der Waals surface area contributed by atoms with Crippen LogP contribution in [0.1, 0.15) is 27.7 Å². The van der Waals surface area contributed by atoms with Gasteiger partial charge in [-0.05, 0) is 36.8 Å². The summed E-state index contributed by atoms with van der Waals surface area (Å²) >= 11 is 7.66. The number of hydrogen-bond donors (Lipinski definition) is 0. The number of nitrogens with zero attached hydrogens (tertiary/aromatic N) is 2. The number of rotatable bonds is 6. The number of carbonyl (C=O) groups excluding carboxylic acids is 1. The number of benzene rings is 2. The number of oxime groups is 1. The van der Waals surface area contributed by atoms with Crippen LogP contribution < -0.4 is 4.74 Å². The predicted octanol–water partition coefficient (Wildman–Crippen LogP) is 4.98. The van der Waals surface area contributed by atoms with Gasteiger partial charge in [-0.3, -0.25) is 4.90 Å². The van der Waals surface area contributed by atoms with Crippen molar-refractivity contribution in [1.29, 1.82) is 0 Å². The topological polar surface area (TPSA) is 60.4 Å². The molecule has 1 fully saturated rings. The van der Waals surface area contributed by atoms with E-state index in [9.17, 15) is 4.79 Å². The molecule has 4 rings (SSSR count). The molecular weight excluding hydrogens is 436 g/mol. The highest BCUT2D eigenvalue weighted by atomic mass is 35.5. The summed E-state index contributed by atoms with van der Waals surface area (Å²) in [5.41, 5.74) is 2.51. The Morgan fingerprint density at radius 1 is 1.23 bits per heavy atom. The first-order chi connectivity index (χ1) is 15.1. The summed E-state index contributed by atoms with van der Waals surface area (Å²) in [5.74, 6) is 0.254. The molecule has 3 aromatic rings. The van der Waals surface area contributed by atoms with Crippen LogP contribution in [-0.2, 0) is 16.1 Å². The van der Waals surface area contributed by atoms with E-state index in [0.717, 1.165) is 59.8 Å². The van der Waals surface area contributed by atoms with Crippen molar-refractivity contribution < 1.29 is 19.1 Å². The van der Waals surface area contributed by atoms with E-state index in [0.29, 0.717) is 15.6 Å². The molecule has 1 aromatic heterocycles. The average Bonchev–Trinajstić information content (AvgIpc) is 3.14. The zero-order valence-electron chi connectivity index (χ0n) is 17.4. The van der Waals surface area contributed by atoms with Gasteiger partial charge >= 0.3 is 5.97 Å². The lowest BCUT2D eigenvalue weighted by Crippen LogP contribution is -2.35. The molecule has 8 heteroatoms. The first-order valence-electron chi connectivity index (χ1n) is 9.97. The van der Waals surface area contributed by atoms with Crippen LogP contribution in [0.5, 0.6) is 5.75 Å². The second kappa shape index (κ2) is 9.78. The van der Waals surface area contributed by atoms with Gasteiger partial charge in [-0.1, -0.05) is 35.0 Å².